The van der Waals surface area contributed by atoms with Crippen LogP contribution in [0.4, 0.5) is 11.5 Å². The van der Waals surface area contributed by atoms with Crippen LogP contribution in [-0.4, -0.2) is 14.9 Å². The molecule has 2 aromatic heterocycles. The minimum absolute atomic E-state index is 0.145. The molecule has 0 fully saturated rings. The fourth-order valence-electron chi connectivity index (χ4n) is 2.57. The van der Waals surface area contributed by atoms with Crippen LogP contribution in [0.5, 0.6) is 0 Å². The predicted molar refractivity (Wildman–Crippen MR) is 101 cm³/mol. The van der Waals surface area contributed by atoms with Gasteiger partial charge in [-0.15, -0.1) is 0 Å². The van der Waals surface area contributed by atoms with Crippen molar-refractivity contribution in [3.05, 3.63) is 92.9 Å². The zero-order valence-electron chi connectivity index (χ0n) is 14.1. The van der Waals surface area contributed by atoms with Crippen molar-refractivity contribution in [1.82, 2.24) is 9.97 Å². The van der Waals surface area contributed by atoms with Gasteiger partial charge in [-0.3, -0.25) is 15.1 Å². The summed E-state index contributed by atoms with van der Waals surface area (Å²) in [6.45, 7) is 2.04. The van der Waals surface area contributed by atoms with E-state index in [0.717, 1.165) is 11.3 Å². The van der Waals surface area contributed by atoms with E-state index in [1.807, 2.05) is 25.1 Å². The highest BCUT2D eigenvalue weighted by molar-refractivity contribution is 6.33. The summed E-state index contributed by atoms with van der Waals surface area (Å²) in [6.07, 6.45) is 3.59. The SMILES string of the molecule is Cc1ccc(CC(Nc2ncc([N+](=O)[O-])cc2Cl)c2ccccn2)cc1. The van der Waals surface area contributed by atoms with Gasteiger partial charge in [0.15, 0.2) is 0 Å². The summed E-state index contributed by atoms with van der Waals surface area (Å²) < 4.78 is 0. The van der Waals surface area contributed by atoms with Crippen molar-refractivity contribution < 1.29 is 4.92 Å². The molecule has 3 rings (SSSR count). The summed E-state index contributed by atoms with van der Waals surface area (Å²) in [4.78, 5) is 18.9. The summed E-state index contributed by atoms with van der Waals surface area (Å²) in [5.74, 6) is 0.389. The van der Waals surface area contributed by atoms with E-state index in [0.29, 0.717) is 12.2 Å². The molecular weight excluding hydrogens is 352 g/mol. The lowest BCUT2D eigenvalue weighted by atomic mass is 10.0. The van der Waals surface area contributed by atoms with Crippen LogP contribution >= 0.6 is 11.6 Å². The van der Waals surface area contributed by atoms with Crippen LogP contribution in [0.2, 0.25) is 5.02 Å². The molecular formula is C19H17ClN4O2. The largest absolute Gasteiger partial charge is 0.360 e. The van der Waals surface area contributed by atoms with Crippen LogP contribution in [0.1, 0.15) is 22.9 Å². The van der Waals surface area contributed by atoms with Crippen molar-refractivity contribution in [3.63, 3.8) is 0 Å². The van der Waals surface area contributed by atoms with Crippen molar-refractivity contribution in [2.75, 3.05) is 5.32 Å². The molecule has 0 aliphatic carbocycles. The standard InChI is InChI=1S/C19H17ClN4O2/c1-13-5-7-14(8-6-13)10-18(17-4-2-3-9-21-17)23-19-16(20)11-15(12-22-19)24(25)26/h2-9,11-12,18H,10H2,1H3,(H,22,23). The number of halogens is 1. The van der Waals surface area contributed by atoms with Crippen LogP contribution in [0.3, 0.4) is 0 Å². The Morgan fingerprint density at radius 1 is 1.19 bits per heavy atom. The molecule has 0 aliphatic heterocycles. The number of aromatic nitrogens is 2. The lowest BCUT2D eigenvalue weighted by Crippen LogP contribution is -2.16. The maximum absolute atomic E-state index is 10.9. The Morgan fingerprint density at radius 3 is 2.58 bits per heavy atom. The van der Waals surface area contributed by atoms with E-state index in [2.05, 4.69) is 39.6 Å². The number of nitrogens with zero attached hydrogens (tertiary/aromatic N) is 3. The van der Waals surface area contributed by atoms with Gasteiger partial charge in [0, 0.05) is 12.3 Å². The van der Waals surface area contributed by atoms with E-state index >= 15 is 0 Å². The van der Waals surface area contributed by atoms with Gasteiger partial charge in [-0.1, -0.05) is 47.5 Å². The normalized spacial score (nSPS) is 11.8. The molecule has 3 aromatic rings. The first kappa shape index (κ1) is 17.8. The summed E-state index contributed by atoms with van der Waals surface area (Å²) in [5.41, 5.74) is 3.02. The van der Waals surface area contributed by atoms with Crippen molar-refractivity contribution in [2.24, 2.45) is 0 Å². The molecule has 1 N–H and O–H groups in total. The smallest absolute Gasteiger partial charge is 0.289 e. The molecule has 7 heteroatoms. The number of hydrogen-bond acceptors (Lipinski definition) is 5. The number of pyridine rings is 2. The van der Waals surface area contributed by atoms with E-state index in [9.17, 15) is 10.1 Å². The molecule has 0 amide bonds. The van der Waals surface area contributed by atoms with E-state index in [1.54, 1.807) is 6.20 Å². The average molecular weight is 369 g/mol. The van der Waals surface area contributed by atoms with E-state index < -0.39 is 4.92 Å². The number of aryl methyl sites for hydroxylation is 1. The first-order chi connectivity index (χ1) is 12.5. The minimum atomic E-state index is -0.523. The second-order valence-corrected chi connectivity index (χ2v) is 6.33. The molecule has 132 valence electrons. The third-order valence-electron chi connectivity index (χ3n) is 3.95. The molecule has 0 spiro atoms. The van der Waals surface area contributed by atoms with Crippen LogP contribution in [0, 0.1) is 17.0 Å². The monoisotopic (exact) mass is 368 g/mol. The van der Waals surface area contributed by atoms with Gasteiger partial charge in [0.1, 0.15) is 12.0 Å². The summed E-state index contributed by atoms with van der Waals surface area (Å²) >= 11 is 6.18. The van der Waals surface area contributed by atoms with Crippen molar-refractivity contribution in [1.29, 1.82) is 0 Å². The van der Waals surface area contributed by atoms with Crippen LogP contribution in [0.15, 0.2) is 60.9 Å². The zero-order chi connectivity index (χ0) is 18.5. The molecule has 6 nitrogen and oxygen atoms in total. The Balaban J connectivity index is 1.89. The highest BCUT2D eigenvalue weighted by Crippen LogP contribution is 2.28. The molecule has 0 aliphatic rings. The highest BCUT2D eigenvalue weighted by atomic mass is 35.5. The molecule has 2 heterocycles. The Morgan fingerprint density at radius 2 is 1.96 bits per heavy atom. The molecule has 1 atom stereocenters. The van der Waals surface area contributed by atoms with Crippen molar-refractivity contribution in [3.8, 4) is 0 Å². The molecule has 1 aromatic carbocycles. The first-order valence-corrected chi connectivity index (χ1v) is 8.43. The first-order valence-electron chi connectivity index (χ1n) is 8.06. The van der Waals surface area contributed by atoms with E-state index in [4.69, 9.17) is 11.6 Å². The number of nitro groups is 1. The third kappa shape index (κ3) is 4.34. The summed E-state index contributed by atoms with van der Waals surface area (Å²) in [7, 11) is 0. The third-order valence-corrected chi connectivity index (χ3v) is 4.24. The van der Waals surface area contributed by atoms with Gasteiger partial charge in [-0.25, -0.2) is 4.98 Å². The fraction of sp³-hybridized carbons (Fsp3) is 0.158. The molecule has 1 unspecified atom stereocenters. The lowest BCUT2D eigenvalue weighted by molar-refractivity contribution is -0.385. The Hall–Kier alpha value is -2.99. The quantitative estimate of drug-likeness (QED) is 0.502. The number of hydrogen-bond donors (Lipinski definition) is 1. The zero-order valence-corrected chi connectivity index (χ0v) is 14.8. The fourth-order valence-corrected chi connectivity index (χ4v) is 2.79. The predicted octanol–water partition coefficient (Wildman–Crippen LogP) is 4.74. The summed E-state index contributed by atoms with van der Waals surface area (Å²) in [5, 5.41) is 14.3. The van der Waals surface area contributed by atoms with Crippen molar-refractivity contribution >= 4 is 23.1 Å². The second-order valence-electron chi connectivity index (χ2n) is 5.92. The Kier molecular flexibility index (Phi) is 5.43. The molecule has 0 saturated carbocycles. The Labute approximate surface area is 156 Å². The van der Waals surface area contributed by atoms with E-state index in [-0.39, 0.29) is 16.8 Å². The number of anilines is 1. The summed E-state index contributed by atoms with van der Waals surface area (Å²) in [6, 6.07) is 15.1. The molecule has 0 saturated heterocycles. The maximum Gasteiger partial charge on any atom is 0.289 e. The number of nitrogens with one attached hydrogen (secondary N) is 1. The molecule has 0 bridgehead atoms. The molecule has 26 heavy (non-hydrogen) atoms. The van der Waals surface area contributed by atoms with Gasteiger partial charge >= 0.3 is 0 Å². The van der Waals surface area contributed by atoms with Gasteiger partial charge in [-0.2, -0.15) is 0 Å². The van der Waals surface area contributed by atoms with Crippen LogP contribution < -0.4 is 5.32 Å². The van der Waals surface area contributed by atoms with Gasteiger partial charge in [-0.05, 0) is 31.0 Å². The van der Waals surface area contributed by atoms with Crippen LogP contribution in [0.25, 0.3) is 0 Å². The van der Waals surface area contributed by atoms with Gasteiger partial charge in [0.2, 0.25) is 0 Å². The van der Waals surface area contributed by atoms with Crippen molar-refractivity contribution in [2.45, 2.75) is 19.4 Å². The van der Waals surface area contributed by atoms with E-state index in [1.165, 1.54) is 17.8 Å². The Bertz CT molecular complexity index is 901. The highest BCUT2D eigenvalue weighted by Gasteiger charge is 2.18. The van der Waals surface area contributed by atoms with Crippen LogP contribution in [-0.2, 0) is 6.42 Å². The second kappa shape index (κ2) is 7.93. The maximum atomic E-state index is 10.9. The van der Waals surface area contributed by atoms with Gasteiger partial charge in [0.05, 0.1) is 21.7 Å². The van der Waals surface area contributed by atoms with Gasteiger partial charge in [0.25, 0.3) is 5.69 Å². The lowest BCUT2D eigenvalue weighted by Gasteiger charge is -2.20. The topological polar surface area (TPSA) is 81.0 Å². The molecule has 0 radical (unpaired) electrons. The number of rotatable bonds is 6. The minimum Gasteiger partial charge on any atom is -0.360 e. The number of benzene rings is 1. The average Bonchev–Trinajstić information content (AvgIpc) is 2.65. The van der Waals surface area contributed by atoms with Gasteiger partial charge < -0.3 is 5.32 Å².